The SMILES string of the molecule is Cc1ccccc1[C@H]1c2ccsc2CCN1C(=O)CNCC(C)C. The van der Waals surface area contributed by atoms with Crippen LogP contribution in [0.15, 0.2) is 35.7 Å². The van der Waals surface area contributed by atoms with E-state index in [9.17, 15) is 4.79 Å². The molecule has 1 N–H and O–H groups in total. The van der Waals surface area contributed by atoms with Crippen LogP contribution in [0.25, 0.3) is 0 Å². The Bertz CT molecular complexity index is 707. The summed E-state index contributed by atoms with van der Waals surface area (Å²) in [6, 6.07) is 10.7. The molecule has 0 fully saturated rings. The van der Waals surface area contributed by atoms with Crippen molar-refractivity contribution in [2.24, 2.45) is 5.92 Å². The highest BCUT2D eigenvalue weighted by Crippen LogP contribution is 2.38. The molecule has 0 saturated heterocycles. The summed E-state index contributed by atoms with van der Waals surface area (Å²) in [6.45, 7) is 8.54. The van der Waals surface area contributed by atoms with Gasteiger partial charge in [0.25, 0.3) is 0 Å². The highest BCUT2D eigenvalue weighted by Gasteiger charge is 2.33. The second kappa shape index (κ2) is 7.49. The Labute approximate surface area is 148 Å². The highest BCUT2D eigenvalue weighted by atomic mass is 32.1. The van der Waals surface area contributed by atoms with E-state index in [0.717, 1.165) is 19.5 Å². The van der Waals surface area contributed by atoms with Crippen molar-refractivity contribution in [2.75, 3.05) is 19.6 Å². The van der Waals surface area contributed by atoms with Crippen LogP contribution in [0.3, 0.4) is 0 Å². The Morgan fingerprint density at radius 2 is 2.08 bits per heavy atom. The first-order valence-electron chi connectivity index (χ1n) is 8.70. The molecule has 3 nitrogen and oxygen atoms in total. The van der Waals surface area contributed by atoms with Gasteiger partial charge in [-0.05, 0) is 53.9 Å². The van der Waals surface area contributed by atoms with Gasteiger partial charge in [-0.15, -0.1) is 11.3 Å². The lowest BCUT2D eigenvalue weighted by Gasteiger charge is -2.37. The molecule has 1 amide bonds. The van der Waals surface area contributed by atoms with Gasteiger partial charge < -0.3 is 10.2 Å². The van der Waals surface area contributed by atoms with Crippen LogP contribution in [0.1, 0.15) is 41.5 Å². The van der Waals surface area contributed by atoms with Crippen LogP contribution in [0.2, 0.25) is 0 Å². The number of hydrogen-bond acceptors (Lipinski definition) is 3. The fraction of sp³-hybridized carbons (Fsp3) is 0.450. The van der Waals surface area contributed by atoms with E-state index in [1.807, 2.05) is 11.3 Å². The number of benzene rings is 1. The third-order valence-corrected chi connectivity index (χ3v) is 5.59. The highest BCUT2D eigenvalue weighted by molar-refractivity contribution is 7.10. The van der Waals surface area contributed by atoms with Gasteiger partial charge in [0.05, 0.1) is 12.6 Å². The minimum atomic E-state index is 0.0505. The lowest BCUT2D eigenvalue weighted by molar-refractivity contribution is -0.132. The van der Waals surface area contributed by atoms with Gasteiger partial charge in [0.2, 0.25) is 5.91 Å². The number of fused-ring (bicyclic) bond motifs is 1. The van der Waals surface area contributed by atoms with Crippen LogP contribution in [-0.2, 0) is 11.2 Å². The van der Waals surface area contributed by atoms with E-state index in [1.165, 1.54) is 21.6 Å². The lowest BCUT2D eigenvalue weighted by atomic mass is 9.90. The summed E-state index contributed by atoms with van der Waals surface area (Å²) < 4.78 is 0. The maximum absolute atomic E-state index is 12.9. The van der Waals surface area contributed by atoms with E-state index < -0.39 is 0 Å². The molecule has 0 radical (unpaired) electrons. The standard InChI is InChI=1S/C20H26N2OS/c1-14(2)12-21-13-19(23)22-10-8-18-17(9-11-24-18)20(22)16-7-5-4-6-15(16)3/h4-7,9,11,14,20-21H,8,10,12-13H2,1-3H3/t20-/m0/s1. The first kappa shape index (κ1) is 17.2. The number of nitrogens with one attached hydrogen (secondary N) is 1. The molecule has 2 heterocycles. The van der Waals surface area contributed by atoms with E-state index in [0.29, 0.717) is 12.5 Å². The molecule has 1 aromatic heterocycles. The Kier molecular flexibility index (Phi) is 5.36. The molecule has 128 valence electrons. The zero-order valence-corrected chi connectivity index (χ0v) is 15.5. The largest absolute Gasteiger partial charge is 0.330 e. The molecule has 2 aromatic rings. The normalized spacial score (nSPS) is 17.2. The second-order valence-corrected chi connectivity index (χ2v) is 7.92. The predicted molar refractivity (Wildman–Crippen MR) is 100 cm³/mol. The van der Waals surface area contributed by atoms with Gasteiger partial charge in [-0.2, -0.15) is 0 Å². The van der Waals surface area contributed by atoms with Gasteiger partial charge in [-0.25, -0.2) is 0 Å². The summed E-state index contributed by atoms with van der Waals surface area (Å²) in [4.78, 5) is 16.4. The van der Waals surface area contributed by atoms with E-state index in [2.05, 4.69) is 66.7 Å². The summed E-state index contributed by atoms with van der Waals surface area (Å²) in [5, 5.41) is 5.45. The summed E-state index contributed by atoms with van der Waals surface area (Å²) in [5.41, 5.74) is 3.79. The topological polar surface area (TPSA) is 32.3 Å². The fourth-order valence-electron chi connectivity index (χ4n) is 3.38. The molecular formula is C20H26N2OS. The third kappa shape index (κ3) is 3.55. The zero-order chi connectivity index (χ0) is 17.1. The van der Waals surface area contributed by atoms with Crippen LogP contribution in [0.4, 0.5) is 0 Å². The van der Waals surface area contributed by atoms with Gasteiger partial charge in [-0.3, -0.25) is 4.79 Å². The molecule has 0 spiro atoms. The number of amides is 1. The number of carbonyl (C=O) groups is 1. The fourth-order valence-corrected chi connectivity index (χ4v) is 4.29. The molecule has 1 aliphatic heterocycles. The molecule has 0 bridgehead atoms. The van der Waals surface area contributed by atoms with Crippen LogP contribution in [-0.4, -0.2) is 30.4 Å². The van der Waals surface area contributed by atoms with E-state index in [-0.39, 0.29) is 11.9 Å². The number of rotatable bonds is 5. The molecule has 0 aliphatic carbocycles. The van der Waals surface area contributed by atoms with Crippen molar-refractivity contribution in [1.29, 1.82) is 0 Å². The van der Waals surface area contributed by atoms with Crippen LogP contribution < -0.4 is 5.32 Å². The minimum absolute atomic E-state index is 0.0505. The first-order valence-corrected chi connectivity index (χ1v) is 9.58. The number of aryl methyl sites for hydroxylation is 1. The molecule has 1 atom stereocenters. The maximum Gasteiger partial charge on any atom is 0.237 e. The van der Waals surface area contributed by atoms with E-state index in [1.54, 1.807) is 0 Å². The Balaban J connectivity index is 1.88. The maximum atomic E-state index is 12.9. The number of nitrogens with zero attached hydrogens (tertiary/aromatic N) is 1. The van der Waals surface area contributed by atoms with Crippen molar-refractivity contribution in [2.45, 2.75) is 33.2 Å². The van der Waals surface area contributed by atoms with Gasteiger partial charge in [-0.1, -0.05) is 38.1 Å². The van der Waals surface area contributed by atoms with E-state index >= 15 is 0 Å². The van der Waals surface area contributed by atoms with Crippen molar-refractivity contribution < 1.29 is 4.79 Å². The smallest absolute Gasteiger partial charge is 0.237 e. The Hall–Kier alpha value is -1.65. The monoisotopic (exact) mass is 342 g/mol. The molecule has 4 heteroatoms. The molecule has 0 unspecified atom stereocenters. The molecule has 24 heavy (non-hydrogen) atoms. The minimum Gasteiger partial charge on any atom is -0.330 e. The lowest BCUT2D eigenvalue weighted by Crippen LogP contribution is -2.44. The third-order valence-electron chi connectivity index (χ3n) is 4.60. The van der Waals surface area contributed by atoms with Crippen LogP contribution >= 0.6 is 11.3 Å². The molecule has 3 rings (SSSR count). The van der Waals surface area contributed by atoms with Crippen molar-refractivity contribution in [3.63, 3.8) is 0 Å². The summed E-state index contributed by atoms with van der Waals surface area (Å²) in [6.07, 6.45) is 0.964. The summed E-state index contributed by atoms with van der Waals surface area (Å²) in [5.74, 6) is 0.746. The average molecular weight is 343 g/mol. The Morgan fingerprint density at radius 1 is 1.29 bits per heavy atom. The van der Waals surface area contributed by atoms with Gasteiger partial charge in [0.15, 0.2) is 0 Å². The Morgan fingerprint density at radius 3 is 2.83 bits per heavy atom. The summed E-state index contributed by atoms with van der Waals surface area (Å²) in [7, 11) is 0. The summed E-state index contributed by atoms with van der Waals surface area (Å²) >= 11 is 1.81. The van der Waals surface area contributed by atoms with Crippen molar-refractivity contribution in [3.8, 4) is 0 Å². The molecule has 1 aliphatic rings. The predicted octanol–water partition coefficient (Wildman–Crippen LogP) is 3.78. The van der Waals surface area contributed by atoms with Crippen molar-refractivity contribution in [1.82, 2.24) is 10.2 Å². The quantitative estimate of drug-likeness (QED) is 0.897. The van der Waals surface area contributed by atoms with Crippen LogP contribution in [0.5, 0.6) is 0 Å². The van der Waals surface area contributed by atoms with E-state index in [4.69, 9.17) is 0 Å². The van der Waals surface area contributed by atoms with Gasteiger partial charge in [0, 0.05) is 11.4 Å². The molecule has 0 saturated carbocycles. The number of thiophene rings is 1. The number of hydrogen-bond donors (Lipinski definition) is 1. The van der Waals surface area contributed by atoms with Gasteiger partial charge >= 0.3 is 0 Å². The number of carbonyl (C=O) groups excluding carboxylic acids is 1. The van der Waals surface area contributed by atoms with Crippen molar-refractivity contribution >= 4 is 17.2 Å². The average Bonchev–Trinajstić information content (AvgIpc) is 3.02. The van der Waals surface area contributed by atoms with Crippen LogP contribution in [0, 0.1) is 12.8 Å². The zero-order valence-electron chi connectivity index (χ0n) is 14.7. The van der Waals surface area contributed by atoms with Gasteiger partial charge in [0.1, 0.15) is 0 Å². The molecular weight excluding hydrogens is 316 g/mol. The second-order valence-electron chi connectivity index (χ2n) is 6.92. The first-order chi connectivity index (χ1) is 11.6. The molecule has 1 aromatic carbocycles. The van der Waals surface area contributed by atoms with Crippen molar-refractivity contribution in [3.05, 3.63) is 57.3 Å².